The van der Waals surface area contributed by atoms with Gasteiger partial charge in [-0.15, -0.1) is 6.42 Å². The van der Waals surface area contributed by atoms with E-state index in [0.717, 1.165) is 50.7 Å². The number of carbonyl (C=O) groups is 2. The van der Waals surface area contributed by atoms with Gasteiger partial charge in [-0.05, 0) is 80.6 Å². The molecule has 6 atom stereocenters. The Labute approximate surface area is 189 Å². The monoisotopic (exact) mass is 442 g/mol. The number of nitrogens with zero attached hydrogens (tertiary/aromatic N) is 1. The van der Waals surface area contributed by atoms with Crippen LogP contribution in [0.25, 0.3) is 0 Å². The van der Waals surface area contributed by atoms with Crippen molar-refractivity contribution in [2.75, 3.05) is 13.2 Å². The van der Waals surface area contributed by atoms with Gasteiger partial charge < -0.3 is 20.4 Å². The summed E-state index contributed by atoms with van der Waals surface area (Å²) in [7, 11) is 0. The number of carbonyl (C=O) groups excluding carboxylic acids is 1. The molecule has 0 radical (unpaired) electrons. The second-order valence-electron chi connectivity index (χ2n) is 10.5. The van der Waals surface area contributed by atoms with Crippen LogP contribution in [0.3, 0.4) is 0 Å². The minimum absolute atomic E-state index is 0.124. The predicted molar refractivity (Wildman–Crippen MR) is 120 cm³/mol. The van der Waals surface area contributed by atoms with Crippen molar-refractivity contribution >= 4 is 17.6 Å². The number of carboxylic acid groups (broad SMARTS) is 1. The Bertz CT molecular complexity index is 904. The summed E-state index contributed by atoms with van der Waals surface area (Å²) in [5.74, 6) is 2.80. The second-order valence-corrected chi connectivity index (χ2v) is 10.5. The standard InChI is InChI=1S/C25H34N2O5/c1-4-25(31)12-9-20-18-6-5-16-13-17(27-32-15-21(28)26-14-22(29)30)7-10-23(16,2)19(18)8-11-24(20,25)3/h1,13,18-20,31H,5-12,14-15H2,2-3H3,(H,26,28)(H,29,30)/b27-17-/t18-,19-,20+,23-,24-,25+/m0/s1. The Morgan fingerprint density at radius 3 is 2.69 bits per heavy atom. The van der Waals surface area contributed by atoms with Crippen LogP contribution in [0.1, 0.15) is 65.2 Å². The minimum atomic E-state index is -1.10. The summed E-state index contributed by atoms with van der Waals surface area (Å²) in [6, 6.07) is 0. The van der Waals surface area contributed by atoms with Crippen molar-refractivity contribution in [1.29, 1.82) is 0 Å². The van der Waals surface area contributed by atoms with Gasteiger partial charge in [0.2, 0.25) is 0 Å². The first kappa shape index (κ1) is 22.8. The van der Waals surface area contributed by atoms with Crippen LogP contribution in [-0.4, -0.2) is 46.6 Å². The van der Waals surface area contributed by atoms with Gasteiger partial charge >= 0.3 is 5.97 Å². The normalized spacial score (nSPS) is 41.5. The summed E-state index contributed by atoms with van der Waals surface area (Å²) in [4.78, 5) is 27.3. The summed E-state index contributed by atoms with van der Waals surface area (Å²) in [5, 5.41) is 26.1. The van der Waals surface area contributed by atoms with E-state index in [2.05, 4.69) is 36.3 Å². The van der Waals surface area contributed by atoms with Gasteiger partial charge in [-0.2, -0.15) is 0 Å². The van der Waals surface area contributed by atoms with Gasteiger partial charge in [-0.1, -0.05) is 30.5 Å². The zero-order chi connectivity index (χ0) is 23.1. The van der Waals surface area contributed by atoms with Crippen LogP contribution < -0.4 is 5.32 Å². The lowest BCUT2D eigenvalue weighted by Crippen LogP contribution is -2.54. The third-order valence-electron chi connectivity index (χ3n) is 9.18. The molecule has 0 aromatic carbocycles. The number of carboxylic acids is 1. The first-order valence-electron chi connectivity index (χ1n) is 11.7. The molecule has 3 saturated carbocycles. The van der Waals surface area contributed by atoms with Crippen LogP contribution in [0, 0.1) is 40.9 Å². The average molecular weight is 443 g/mol. The van der Waals surface area contributed by atoms with Gasteiger partial charge in [0.25, 0.3) is 5.91 Å². The van der Waals surface area contributed by atoms with Crippen LogP contribution in [0.5, 0.6) is 0 Å². The Morgan fingerprint density at radius 2 is 1.97 bits per heavy atom. The van der Waals surface area contributed by atoms with E-state index in [-0.39, 0.29) is 17.4 Å². The highest BCUT2D eigenvalue weighted by molar-refractivity contribution is 5.96. The molecule has 7 nitrogen and oxygen atoms in total. The fraction of sp³-hybridized carbons (Fsp3) is 0.720. The Balaban J connectivity index is 1.44. The summed E-state index contributed by atoms with van der Waals surface area (Å²) in [6.45, 7) is 3.88. The van der Waals surface area contributed by atoms with Crippen LogP contribution in [0.15, 0.2) is 16.8 Å². The zero-order valence-corrected chi connectivity index (χ0v) is 19.0. The van der Waals surface area contributed by atoms with E-state index >= 15 is 0 Å². The third kappa shape index (κ3) is 3.63. The summed E-state index contributed by atoms with van der Waals surface area (Å²) in [5.41, 5.74) is 1.22. The quantitative estimate of drug-likeness (QED) is 0.448. The lowest BCUT2D eigenvalue weighted by Gasteiger charge is -2.58. The molecule has 4 aliphatic carbocycles. The fourth-order valence-electron chi connectivity index (χ4n) is 7.30. The van der Waals surface area contributed by atoms with E-state index < -0.39 is 24.0 Å². The van der Waals surface area contributed by atoms with E-state index in [4.69, 9.17) is 16.4 Å². The van der Waals surface area contributed by atoms with E-state index in [9.17, 15) is 14.7 Å². The Hall–Kier alpha value is -2.33. The van der Waals surface area contributed by atoms with Crippen molar-refractivity contribution in [3.8, 4) is 12.3 Å². The number of nitrogens with one attached hydrogen (secondary N) is 1. The van der Waals surface area contributed by atoms with Crippen molar-refractivity contribution in [3.05, 3.63) is 11.6 Å². The van der Waals surface area contributed by atoms with Crippen LogP contribution >= 0.6 is 0 Å². The molecular formula is C25H34N2O5. The SMILES string of the molecule is C#C[C@@]1(O)CC[C@@H]2[C@H]3CCC4=C/C(=N\OCC(=O)NCC(=O)O)CC[C@]4(C)[C@H]3CC[C@@]21C. The highest BCUT2D eigenvalue weighted by Gasteiger charge is 2.63. The number of oxime groups is 1. The molecule has 0 bridgehead atoms. The third-order valence-corrected chi connectivity index (χ3v) is 9.18. The lowest BCUT2D eigenvalue weighted by atomic mass is 9.46. The zero-order valence-electron chi connectivity index (χ0n) is 19.0. The largest absolute Gasteiger partial charge is 0.480 e. The maximum Gasteiger partial charge on any atom is 0.322 e. The van der Waals surface area contributed by atoms with Gasteiger partial charge in [0, 0.05) is 5.41 Å². The van der Waals surface area contributed by atoms with Crippen LogP contribution in [0.4, 0.5) is 0 Å². The number of aliphatic carboxylic acids is 1. The van der Waals surface area contributed by atoms with Gasteiger partial charge in [-0.3, -0.25) is 9.59 Å². The molecular weight excluding hydrogens is 408 g/mol. The van der Waals surface area contributed by atoms with Crippen molar-refractivity contribution in [2.45, 2.75) is 70.8 Å². The molecule has 174 valence electrons. The number of rotatable bonds is 5. The summed E-state index contributed by atoms with van der Waals surface area (Å²) in [6.07, 6.45) is 15.6. The molecule has 0 aromatic heterocycles. The predicted octanol–water partition coefficient (Wildman–Crippen LogP) is 2.89. The molecule has 0 heterocycles. The van der Waals surface area contributed by atoms with E-state index in [1.807, 2.05) is 0 Å². The molecule has 3 N–H and O–H groups in total. The first-order chi connectivity index (χ1) is 15.1. The topological polar surface area (TPSA) is 108 Å². The van der Waals surface area contributed by atoms with Gasteiger partial charge in [-0.25, -0.2) is 0 Å². The fourth-order valence-corrected chi connectivity index (χ4v) is 7.30. The molecule has 0 aromatic rings. The van der Waals surface area contributed by atoms with Crippen molar-refractivity contribution in [2.24, 2.45) is 33.7 Å². The highest BCUT2D eigenvalue weighted by Crippen LogP contribution is 2.67. The molecule has 7 heteroatoms. The van der Waals surface area contributed by atoms with E-state index in [1.165, 1.54) is 5.57 Å². The maximum atomic E-state index is 11.6. The maximum absolute atomic E-state index is 11.6. The smallest absolute Gasteiger partial charge is 0.322 e. The highest BCUT2D eigenvalue weighted by atomic mass is 16.6. The number of hydrogen-bond donors (Lipinski definition) is 3. The molecule has 4 aliphatic rings. The minimum Gasteiger partial charge on any atom is -0.480 e. The summed E-state index contributed by atoms with van der Waals surface area (Å²) < 4.78 is 0. The number of hydrogen-bond acceptors (Lipinski definition) is 5. The first-order valence-corrected chi connectivity index (χ1v) is 11.7. The Kier molecular flexibility index (Phi) is 5.87. The van der Waals surface area contributed by atoms with Gasteiger partial charge in [0.15, 0.2) is 6.61 Å². The average Bonchev–Trinajstić information content (AvgIpc) is 3.04. The molecule has 32 heavy (non-hydrogen) atoms. The second kappa shape index (κ2) is 8.22. The Morgan fingerprint density at radius 1 is 1.22 bits per heavy atom. The van der Waals surface area contributed by atoms with Crippen molar-refractivity contribution < 1.29 is 24.6 Å². The molecule has 4 rings (SSSR count). The molecule has 0 unspecified atom stereocenters. The van der Waals surface area contributed by atoms with E-state index in [1.54, 1.807) is 0 Å². The molecule has 1 amide bonds. The molecule has 0 aliphatic heterocycles. The summed E-state index contributed by atoms with van der Waals surface area (Å²) >= 11 is 0. The van der Waals surface area contributed by atoms with E-state index in [0.29, 0.717) is 24.2 Å². The van der Waals surface area contributed by atoms with Crippen molar-refractivity contribution in [3.63, 3.8) is 0 Å². The van der Waals surface area contributed by atoms with Crippen molar-refractivity contribution in [1.82, 2.24) is 5.32 Å². The number of aliphatic hydroxyl groups is 1. The number of allylic oxidation sites excluding steroid dienone is 2. The lowest BCUT2D eigenvalue weighted by molar-refractivity contribution is -0.138. The van der Waals surface area contributed by atoms with Crippen LogP contribution in [0.2, 0.25) is 0 Å². The number of terminal acetylenes is 1. The molecule has 0 saturated heterocycles. The molecule has 3 fully saturated rings. The molecule has 0 spiro atoms. The van der Waals surface area contributed by atoms with Gasteiger partial charge in [0.05, 0.1) is 5.71 Å². The number of amides is 1. The number of fused-ring (bicyclic) bond motifs is 5. The van der Waals surface area contributed by atoms with Gasteiger partial charge in [0.1, 0.15) is 12.1 Å². The van der Waals surface area contributed by atoms with Crippen LogP contribution in [-0.2, 0) is 14.4 Å².